The van der Waals surface area contributed by atoms with E-state index in [1.54, 1.807) is 21.7 Å². The highest BCUT2D eigenvalue weighted by molar-refractivity contribution is 7.89. The lowest BCUT2D eigenvalue weighted by Crippen LogP contribution is -2.39. The summed E-state index contributed by atoms with van der Waals surface area (Å²) in [7, 11) is -3.53. The molecule has 2 heterocycles. The molecule has 1 unspecified atom stereocenters. The van der Waals surface area contributed by atoms with Crippen LogP contribution in [0.2, 0.25) is 0 Å². The molecule has 0 bridgehead atoms. The van der Waals surface area contributed by atoms with E-state index in [4.69, 9.17) is 4.99 Å². The Morgan fingerprint density at radius 2 is 1.72 bits per heavy atom. The number of thiazole rings is 1. The predicted octanol–water partition coefficient (Wildman–Crippen LogP) is 6.11. The van der Waals surface area contributed by atoms with E-state index in [2.05, 4.69) is 41.1 Å². The number of hydrogen-bond acceptors (Lipinski definition) is 4. The average molecular weight is 518 g/mol. The molecule has 1 aliphatic heterocycles. The van der Waals surface area contributed by atoms with Gasteiger partial charge in [-0.05, 0) is 55.0 Å². The normalized spacial score (nSPS) is 17.4. The predicted molar refractivity (Wildman–Crippen MR) is 147 cm³/mol. The summed E-state index contributed by atoms with van der Waals surface area (Å²) in [6, 6.07) is 27.7. The molecule has 4 aromatic rings. The van der Waals surface area contributed by atoms with Crippen molar-refractivity contribution in [1.29, 1.82) is 0 Å². The van der Waals surface area contributed by atoms with Crippen molar-refractivity contribution in [2.24, 2.45) is 10.9 Å². The van der Waals surface area contributed by atoms with Crippen molar-refractivity contribution in [3.05, 3.63) is 101 Å². The Kier molecular flexibility index (Phi) is 7.51. The molecular weight excluding hydrogens is 486 g/mol. The second kappa shape index (κ2) is 10.9. The Morgan fingerprint density at radius 1 is 0.972 bits per heavy atom. The topological polar surface area (TPSA) is 54.7 Å². The Labute approximate surface area is 217 Å². The molecule has 7 heteroatoms. The second-order valence-electron chi connectivity index (χ2n) is 9.38. The summed E-state index contributed by atoms with van der Waals surface area (Å²) < 4.78 is 30.8. The van der Waals surface area contributed by atoms with Crippen LogP contribution in [-0.4, -0.2) is 30.4 Å². The van der Waals surface area contributed by atoms with Gasteiger partial charge in [-0.1, -0.05) is 67.6 Å². The van der Waals surface area contributed by atoms with Crippen LogP contribution in [-0.2, 0) is 23.0 Å². The SMILES string of the molecule is CC1CCCN(S(=O)(=O)c2cccc(-c3csc(=Nc4ccccc4)n3CCc3ccccc3)c2)C1. The number of sulfonamides is 1. The summed E-state index contributed by atoms with van der Waals surface area (Å²) in [6.07, 6.45) is 2.85. The molecule has 0 aliphatic carbocycles. The molecule has 0 radical (unpaired) electrons. The van der Waals surface area contributed by atoms with Gasteiger partial charge >= 0.3 is 0 Å². The largest absolute Gasteiger partial charge is 0.316 e. The zero-order valence-electron chi connectivity index (χ0n) is 20.5. The Hall–Kier alpha value is -3.00. The van der Waals surface area contributed by atoms with Crippen LogP contribution < -0.4 is 4.80 Å². The molecular formula is C29H31N3O2S2. The first kappa shape index (κ1) is 24.7. The van der Waals surface area contributed by atoms with Crippen molar-refractivity contribution in [3.63, 3.8) is 0 Å². The minimum atomic E-state index is -3.53. The van der Waals surface area contributed by atoms with Crippen LogP contribution in [0.1, 0.15) is 25.3 Å². The lowest BCUT2D eigenvalue weighted by molar-refractivity contribution is 0.281. The Balaban J connectivity index is 1.53. The highest BCUT2D eigenvalue weighted by atomic mass is 32.2. The van der Waals surface area contributed by atoms with Gasteiger partial charge in [0.05, 0.1) is 16.3 Å². The number of hydrogen-bond donors (Lipinski definition) is 0. The summed E-state index contributed by atoms with van der Waals surface area (Å²) in [6.45, 7) is 4.04. The van der Waals surface area contributed by atoms with Gasteiger partial charge in [0.15, 0.2) is 4.80 Å². The van der Waals surface area contributed by atoms with E-state index < -0.39 is 10.0 Å². The first-order chi connectivity index (χ1) is 17.5. The highest BCUT2D eigenvalue weighted by Gasteiger charge is 2.29. The number of para-hydroxylation sites is 1. The van der Waals surface area contributed by atoms with Gasteiger partial charge in [0, 0.05) is 30.6 Å². The fraction of sp³-hybridized carbons (Fsp3) is 0.276. The maximum absolute atomic E-state index is 13.5. The molecule has 1 fully saturated rings. The van der Waals surface area contributed by atoms with Gasteiger partial charge in [-0.3, -0.25) is 0 Å². The molecule has 1 aromatic heterocycles. The van der Waals surface area contributed by atoms with E-state index in [-0.39, 0.29) is 0 Å². The van der Waals surface area contributed by atoms with Crippen LogP contribution in [0.5, 0.6) is 0 Å². The zero-order valence-corrected chi connectivity index (χ0v) is 22.1. The summed E-state index contributed by atoms with van der Waals surface area (Å²) in [5.41, 5.74) is 4.02. The fourth-order valence-electron chi connectivity index (χ4n) is 4.69. The third-order valence-corrected chi connectivity index (χ3v) is 9.36. The van der Waals surface area contributed by atoms with E-state index in [0.29, 0.717) is 23.9 Å². The number of aromatic nitrogens is 1. The van der Waals surface area contributed by atoms with Crippen LogP contribution in [0.15, 0.2) is 100 Å². The number of piperidine rings is 1. The zero-order chi connectivity index (χ0) is 25.0. The molecule has 5 nitrogen and oxygen atoms in total. The van der Waals surface area contributed by atoms with Gasteiger partial charge in [0.25, 0.3) is 0 Å². The van der Waals surface area contributed by atoms with Gasteiger partial charge in [-0.15, -0.1) is 11.3 Å². The maximum Gasteiger partial charge on any atom is 0.243 e. The number of nitrogens with zero attached hydrogens (tertiary/aromatic N) is 3. The molecule has 0 saturated carbocycles. The molecule has 1 saturated heterocycles. The van der Waals surface area contributed by atoms with Gasteiger partial charge in [-0.25, -0.2) is 13.4 Å². The standard InChI is InChI=1S/C29H31N3O2S2/c1-23-10-9-18-31(21-23)36(33,34)27-16-8-13-25(20-27)28-22-35-29(30-26-14-6-3-7-15-26)32(28)19-17-24-11-4-2-5-12-24/h2-8,11-16,20,22-23H,9-10,17-19,21H2,1H3. The van der Waals surface area contributed by atoms with Gasteiger partial charge in [0.1, 0.15) is 0 Å². The van der Waals surface area contributed by atoms with Crippen LogP contribution in [0.25, 0.3) is 11.3 Å². The minimum Gasteiger partial charge on any atom is -0.316 e. The number of rotatable bonds is 7. The van der Waals surface area contributed by atoms with Gasteiger partial charge < -0.3 is 4.57 Å². The van der Waals surface area contributed by atoms with E-state index in [0.717, 1.165) is 47.6 Å². The van der Waals surface area contributed by atoms with E-state index in [1.165, 1.54) is 5.56 Å². The molecule has 1 aliphatic rings. The fourth-order valence-corrected chi connectivity index (χ4v) is 7.29. The highest BCUT2D eigenvalue weighted by Crippen LogP contribution is 2.28. The van der Waals surface area contributed by atoms with E-state index in [1.807, 2.05) is 54.6 Å². The molecule has 1 atom stereocenters. The number of benzene rings is 3. The quantitative estimate of drug-likeness (QED) is 0.297. The van der Waals surface area contributed by atoms with Crippen LogP contribution in [0, 0.1) is 5.92 Å². The second-order valence-corrected chi connectivity index (χ2v) is 12.2. The monoisotopic (exact) mass is 517 g/mol. The van der Waals surface area contributed by atoms with Crippen LogP contribution in [0.3, 0.4) is 0 Å². The molecule has 0 spiro atoms. The third-order valence-electron chi connectivity index (χ3n) is 6.63. The summed E-state index contributed by atoms with van der Waals surface area (Å²) in [5.74, 6) is 0.385. The first-order valence-electron chi connectivity index (χ1n) is 12.4. The number of aryl methyl sites for hydroxylation is 1. The molecule has 36 heavy (non-hydrogen) atoms. The molecule has 3 aromatic carbocycles. The Morgan fingerprint density at radius 3 is 2.47 bits per heavy atom. The molecule has 0 amide bonds. The van der Waals surface area contributed by atoms with E-state index in [9.17, 15) is 8.42 Å². The van der Waals surface area contributed by atoms with Crippen molar-refractivity contribution in [2.45, 2.75) is 37.6 Å². The summed E-state index contributed by atoms with van der Waals surface area (Å²) >= 11 is 1.58. The Bertz CT molecular complexity index is 1480. The van der Waals surface area contributed by atoms with Crippen LogP contribution >= 0.6 is 11.3 Å². The van der Waals surface area contributed by atoms with Crippen molar-refractivity contribution < 1.29 is 8.42 Å². The lowest BCUT2D eigenvalue weighted by Gasteiger charge is -2.30. The average Bonchev–Trinajstić information content (AvgIpc) is 3.31. The van der Waals surface area contributed by atoms with Crippen molar-refractivity contribution >= 4 is 27.0 Å². The van der Waals surface area contributed by atoms with Gasteiger partial charge in [-0.2, -0.15) is 4.31 Å². The minimum absolute atomic E-state index is 0.358. The van der Waals surface area contributed by atoms with Gasteiger partial charge in [0.2, 0.25) is 10.0 Å². The van der Waals surface area contributed by atoms with Crippen molar-refractivity contribution in [2.75, 3.05) is 13.1 Å². The van der Waals surface area contributed by atoms with Crippen molar-refractivity contribution in [3.8, 4) is 11.3 Å². The molecule has 5 rings (SSSR count). The maximum atomic E-state index is 13.5. The smallest absolute Gasteiger partial charge is 0.243 e. The first-order valence-corrected chi connectivity index (χ1v) is 14.8. The lowest BCUT2D eigenvalue weighted by atomic mass is 10.0. The summed E-state index contributed by atoms with van der Waals surface area (Å²) in [4.78, 5) is 6.16. The third kappa shape index (κ3) is 5.53. The molecule has 186 valence electrons. The van der Waals surface area contributed by atoms with E-state index >= 15 is 0 Å². The van der Waals surface area contributed by atoms with Crippen molar-refractivity contribution in [1.82, 2.24) is 8.87 Å². The van der Waals surface area contributed by atoms with Crippen LogP contribution in [0.4, 0.5) is 5.69 Å². The molecule has 0 N–H and O–H groups in total. The summed E-state index contributed by atoms with van der Waals surface area (Å²) in [5, 5.41) is 2.08.